The van der Waals surface area contributed by atoms with Crippen molar-refractivity contribution in [1.29, 1.82) is 0 Å². The first-order valence-corrected chi connectivity index (χ1v) is 7.91. The number of phenols is 1. The molecule has 0 heterocycles. The summed E-state index contributed by atoms with van der Waals surface area (Å²) in [6.07, 6.45) is -0.0209. The Hall–Kier alpha value is -1.35. The summed E-state index contributed by atoms with van der Waals surface area (Å²) in [5.41, 5.74) is 2.49. The van der Waals surface area contributed by atoms with Crippen LogP contribution in [0.1, 0.15) is 71.6 Å². The number of aryl methyl sites for hydroxylation is 1. The van der Waals surface area contributed by atoms with Crippen molar-refractivity contribution < 1.29 is 15.0 Å². The van der Waals surface area contributed by atoms with Crippen LogP contribution >= 0.6 is 0 Å². The first kappa shape index (κ1) is 18.7. The molecule has 2 N–H and O–H groups in total. The minimum absolute atomic E-state index is 0.150. The zero-order valence-electron chi connectivity index (χ0n) is 14.9. The van der Waals surface area contributed by atoms with Gasteiger partial charge in [-0.05, 0) is 40.9 Å². The average Bonchev–Trinajstić information content (AvgIpc) is 2.33. The van der Waals surface area contributed by atoms with Gasteiger partial charge in [0, 0.05) is 6.42 Å². The van der Waals surface area contributed by atoms with E-state index in [4.69, 9.17) is 0 Å². The van der Waals surface area contributed by atoms with Crippen LogP contribution in [0.2, 0.25) is 0 Å². The quantitative estimate of drug-likeness (QED) is 0.888. The van der Waals surface area contributed by atoms with Crippen molar-refractivity contribution >= 4 is 5.78 Å². The van der Waals surface area contributed by atoms with Gasteiger partial charge in [0.15, 0.2) is 5.78 Å². The van der Waals surface area contributed by atoms with Crippen LogP contribution in [0.15, 0.2) is 12.1 Å². The Morgan fingerprint density at radius 1 is 1.05 bits per heavy atom. The number of hydrogen-bond donors (Lipinski definition) is 2. The Labute approximate surface area is 134 Å². The van der Waals surface area contributed by atoms with E-state index in [1.807, 2.05) is 12.1 Å². The van der Waals surface area contributed by atoms with E-state index in [9.17, 15) is 15.0 Å². The molecule has 0 bridgehead atoms. The molecule has 124 valence electrons. The maximum absolute atomic E-state index is 11.6. The number of aliphatic hydroxyl groups is 1. The summed E-state index contributed by atoms with van der Waals surface area (Å²) >= 11 is 0. The predicted molar refractivity (Wildman–Crippen MR) is 90.5 cm³/mol. The molecule has 0 aliphatic carbocycles. The SMILES string of the molecule is CC(O)C(=O)CCc1cc(C(C)(C)C)c(O)c(C(C)(C)C)c1. The molecule has 0 saturated carbocycles. The molecule has 0 spiro atoms. The van der Waals surface area contributed by atoms with Crippen LogP contribution in [0.25, 0.3) is 0 Å². The topological polar surface area (TPSA) is 57.5 Å². The van der Waals surface area contributed by atoms with Crippen molar-refractivity contribution in [3.8, 4) is 5.75 Å². The van der Waals surface area contributed by atoms with Gasteiger partial charge in [0.25, 0.3) is 0 Å². The molecule has 22 heavy (non-hydrogen) atoms. The molecule has 3 nitrogen and oxygen atoms in total. The van der Waals surface area contributed by atoms with Crippen molar-refractivity contribution in [3.63, 3.8) is 0 Å². The van der Waals surface area contributed by atoms with Crippen molar-refractivity contribution in [2.45, 2.75) is 78.2 Å². The number of Topliss-reactive ketones (excluding diaryl/α,β-unsaturated/α-hetero) is 1. The highest BCUT2D eigenvalue weighted by Gasteiger charge is 2.26. The van der Waals surface area contributed by atoms with E-state index in [-0.39, 0.29) is 16.6 Å². The fraction of sp³-hybridized carbons (Fsp3) is 0.632. The van der Waals surface area contributed by atoms with Crippen LogP contribution in [0.4, 0.5) is 0 Å². The number of aromatic hydroxyl groups is 1. The third-order valence-electron chi connectivity index (χ3n) is 3.91. The number of ketones is 1. The van der Waals surface area contributed by atoms with E-state index in [1.54, 1.807) is 0 Å². The third kappa shape index (κ3) is 4.57. The van der Waals surface area contributed by atoms with Gasteiger partial charge in [-0.1, -0.05) is 53.7 Å². The van der Waals surface area contributed by atoms with E-state index in [0.717, 1.165) is 16.7 Å². The average molecular weight is 306 g/mol. The molecule has 1 aromatic rings. The van der Waals surface area contributed by atoms with Crippen LogP contribution in [-0.2, 0) is 22.0 Å². The van der Waals surface area contributed by atoms with Crippen LogP contribution in [0.3, 0.4) is 0 Å². The molecule has 1 unspecified atom stereocenters. The van der Waals surface area contributed by atoms with Crippen molar-refractivity contribution in [1.82, 2.24) is 0 Å². The second kappa shape index (κ2) is 6.41. The minimum Gasteiger partial charge on any atom is -0.507 e. The van der Waals surface area contributed by atoms with Crippen molar-refractivity contribution in [2.75, 3.05) is 0 Å². The van der Waals surface area contributed by atoms with E-state index in [2.05, 4.69) is 41.5 Å². The largest absolute Gasteiger partial charge is 0.507 e. The summed E-state index contributed by atoms with van der Waals surface area (Å²) in [6, 6.07) is 3.97. The molecule has 0 fully saturated rings. The summed E-state index contributed by atoms with van der Waals surface area (Å²) in [6.45, 7) is 13.9. The lowest BCUT2D eigenvalue weighted by Crippen LogP contribution is -2.19. The molecular formula is C19H30O3. The zero-order chi connectivity index (χ0) is 17.3. The maximum atomic E-state index is 11.6. The van der Waals surface area contributed by atoms with Gasteiger partial charge in [0.05, 0.1) is 0 Å². The number of aliphatic hydroxyl groups excluding tert-OH is 1. The minimum atomic E-state index is -0.915. The van der Waals surface area contributed by atoms with Gasteiger partial charge in [-0.15, -0.1) is 0 Å². The first-order chi connectivity index (χ1) is 9.84. The molecule has 1 aromatic carbocycles. The van der Waals surface area contributed by atoms with Gasteiger partial charge < -0.3 is 10.2 Å². The fourth-order valence-corrected chi connectivity index (χ4v) is 2.46. The lowest BCUT2D eigenvalue weighted by Gasteiger charge is -2.28. The molecular weight excluding hydrogens is 276 g/mol. The number of hydrogen-bond acceptors (Lipinski definition) is 3. The van der Waals surface area contributed by atoms with E-state index >= 15 is 0 Å². The summed E-state index contributed by atoms with van der Waals surface area (Å²) in [5.74, 6) is 0.202. The van der Waals surface area contributed by atoms with Gasteiger partial charge in [-0.25, -0.2) is 0 Å². The number of rotatable bonds is 4. The highest BCUT2D eigenvalue weighted by molar-refractivity contribution is 5.82. The summed E-state index contributed by atoms with van der Waals surface area (Å²) < 4.78 is 0. The monoisotopic (exact) mass is 306 g/mol. The van der Waals surface area contributed by atoms with Gasteiger partial charge in [0.1, 0.15) is 11.9 Å². The van der Waals surface area contributed by atoms with Crippen LogP contribution in [0.5, 0.6) is 5.75 Å². The number of phenolic OH excluding ortho intramolecular Hbond substituents is 1. The molecule has 0 aliphatic rings. The predicted octanol–water partition coefficient (Wildman–Crippen LogP) is 3.87. The molecule has 1 atom stereocenters. The number of carbonyl (C=O) groups excluding carboxylic acids is 1. The summed E-state index contributed by atoms with van der Waals surface area (Å²) in [7, 11) is 0. The zero-order valence-corrected chi connectivity index (χ0v) is 14.9. The Morgan fingerprint density at radius 2 is 1.45 bits per heavy atom. The normalized spacial score (nSPS) is 14.0. The molecule has 3 heteroatoms. The molecule has 1 rings (SSSR count). The standard InChI is InChI=1S/C19H30O3/c1-12(20)16(21)9-8-13-10-14(18(2,3)4)17(22)15(11-13)19(5,6)7/h10-12,20,22H,8-9H2,1-7H3. The Kier molecular flexibility index (Phi) is 5.45. The molecule has 0 aromatic heterocycles. The number of carbonyl (C=O) groups is 1. The van der Waals surface area contributed by atoms with Gasteiger partial charge in [-0.2, -0.15) is 0 Å². The maximum Gasteiger partial charge on any atom is 0.161 e. The van der Waals surface area contributed by atoms with Gasteiger partial charge >= 0.3 is 0 Å². The van der Waals surface area contributed by atoms with Gasteiger partial charge in [0.2, 0.25) is 0 Å². The second-order valence-electron chi connectivity index (χ2n) is 8.18. The highest BCUT2D eigenvalue weighted by atomic mass is 16.3. The molecule has 0 amide bonds. The number of benzene rings is 1. The molecule has 0 aliphatic heterocycles. The third-order valence-corrected chi connectivity index (χ3v) is 3.91. The van der Waals surface area contributed by atoms with Crippen LogP contribution in [0, 0.1) is 0 Å². The Morgan fingerprint density at radius 3 is 1.77 bits per heavy atom. The highest BCUT2D eigenvalue weighted by Crippen LogP contribution is 2.39. The fourth-order valence-electron chi connectivity index (χ4n) is 2.46. The van der Waals surface area contributed by atoms with Crippen LogP contribution in [-0.4, -0.2) is 22.1 Å². The van der Waals surface area contributed by atoms with Crippen molar-refractivity contribution in [3.05, 3.63) is 28.8 Å². The van der Waals surface area contributed by atoms with Crippen molar-refractivity contribution in [2.24, 2.45) is 0 Å². The van der Waals surface area contributed by atoms with E-state index in [1.165, 1.54) is 6.92 Å². The van der Waals surface area contributed by atoms with Crippen LogP contribution < -0.4 is 0 Å². The Bertz CT molecular complexity index is 508. The van der Waals surface area contributed by atoms with E-state index < -0.39 is 6.10 Å². The lowest BCUT2D eigenvalue weighted by molar-refractivity contribution is -0.126. The van der Waals surface area contributed by atoms with E-state index in [0.29, 0.717) is 18.6 Å². The lowest BCUT2D eigenvalue weighted by atomic mass is 9.78. The summed E-state index contributed by atoms with van der Waals surface area (Å²) in [5, 5.41) is 20.0. The second-order valence-corrected chi connectivity index (χ2v) is 8.18. The smallest absolute Gasteiger partial charge is 0.161 e. The summed E-state index contributed by atoms with van der Waals surface area (Å²) in [4.78, 5) is 11.6. The Balaban J connectivity index is 3.27. The molecule has 0 radical (unpaired) electrons. The van der Waals surface area contributed by atoms with Gasteiger partial charge in [-0.3, -0.25) is 4.79 Å². The first-order valence-electron chi connectivity index (χ1n) is 7.91. The molecule has 0 saturated heterocycles.